The van der Waals surface area contributed by atoms with Crippen LogP contribution < -0.4 is 4.90 Å². The number of furan rings is 1. The highest BCUT2D eigenvalue weighted by Gasteiger charge is 2.37. The third-order valence-corrected chi connectivity index (χ3v) is 13.1. The highest BCUT2D eigenvalue weighted by molar-refractivity contribution is 6.20. The van der Waals surface area contributed by atoms with E-state index in [0.717, 1.165) is 61.1 Å². The van der Waals surface area contributed by atoms with Gasteiger partial charge in [0.1, 0.15) is 11.2 Å². The second-order valence-corrected chi connectivity index (χ2v) is 16.8. The highest BCUT2D eigenvalue weighted by Crippen LogP contribution is 2.55. The van der Waals surface area contributed by atoms with Gasteiger partial charge >= 0.3 is 0 Å². The minimum atomic E-state index is -0.124. The molecule has 0 N–H and O–H groups in total. The van der Waals surface area contributed by atoms with Crippen LogP contribution in [0.25, 0.3) is 88.0 Å². The maximum Gasteiger partial charge on any atom is 0.143 e. The Hall–Kier alpha value is -7.68. The van der Waals surface area contributed by atoms with Crippen molar-refractivity contribution in [1.29, 1.82) is 0 Å². The van der Waals surface area contributed by atoms with E-state index >= 15 is 0 Å². The first kappa shape index (κ1) is 35.3. The largest absolute Gasteiger partial charge is 0.455 e. The van der Waals surface area contributed by atoms with Crippen molar-refractivity contribution in [3.8, 4) is 44.5 Å². The number of rotatable bonds is 6. The Morgan fingerprint density at radius 1 is 0.344 bits per heavy atom. The molecule has 1 aliphatic rings. The second kappa shape index (κ2) is 13.7. The molecule has 2 nitrogen and oxygen atoms in total. The first-order valence-corrected chi connectivity index (χ1v) is 21.2. The van der Waals surface area contributed by atoms with Gasteiger partial charge in [-0.15, -0.1) is 0 Å². The molecule has 12 rings (SSSR count). The molecule has 0 unspecified atom stereocenters. The third-order valence-electron chi connectivity index (χ3n) is 13.1. The minimum Gasteiger partial charge on any atom is -0.455 e. The third kappa shape index (κ3) is 5.35. The summed E-state index contributed by atoms with van der Waals surface area (Å²) in [6.07, 6.45) is 0. The fourth-order valence-corrected chi connectivity index (χ4v) is 10.3. The molecule has 1 aromatic heterocycles. The summed E-state index contributed by atoms with van der Waals surface area (Å²) in [5.74, 6) is 0. The fourth-order valence-electron chi connectivity index (χ4n) is 10.3. The number of anilines is 3. The van der Waals surface area contributed by atoms with E-state index in [9.17, 15) is 0 Å². The van der Waals surface area contributed by atoms with Crippen LogP contribution in [0.4, 0.5) is 17.1 Å². The van der Waals surface area contributed by atoms with Crippen LogP contribution in [0, 0.1) is 0 Å². The summed E-state index contributed by atoms with van der Waals surface area (Å²) in [5.41, 5.74) is 17.3. The molecular weight excluding hydrogens is 739 g/mol. The normalized spacial score (nSPS) is 12.9. The van der Waals surface area contributed by atoms with Crippen LogP contribution in [0.2, 0.25) is 0 Å². The quantitative estimate of drug-likeness (QED) is 0.167. The van der Waals surface area contributed by atoms with Gasteiger partial charge in [-0.1, -0.05) is 196 Å². The van der Waals surface area contributed by atoms with E-state index in [0.29, 0.717) is 0 Å². The van der Waals surface area contributed by atoms with Crippen molar-refractivity contribution < 1.29 is 4.42 Å². The van der Waals surface area contributed by atoms with Gasteiger partial charge in [0.05, 0.1) is 17.1 Å². The smallest absolute Gasteiger partial charge is 0.143 e. The van der Waals surface area contributed by atoms with Crippen molar-refractivity contribution in [1.82, 2.24) is 0 Å². The molecule has 288 valence electrons. The average Bonchev–Trinajstić information content (AvgIpc) is 3.82. The van der Waals surface area contributed by atoms with E-state index in [2.05, 4.69) is 231 Å². The molecule has 0 saturated heterocycles. The summed E-state index contributed by atoms with van der Waals surface area (Å²) in [6.45, 7) is 4.72. The van der Waals surface area contributed by atoms with Gasteiger partial charge in [-0.2, -0.15) is 0 Å². The lowest BCUT2D eigenvalue weighted by molar-refractivity contribution is 0.660. The average molecular weight is 780 g/mol. The summed E-state index contributed by atoms with van der Waals surface area (Å²) in [4.78, 5) is 2.52. The lowest BCUT2D eigenvalue weighted by atomic mass is 9.82. The fraction of sp³-hybridized carbons (Fsp3) is 0.0508. The van der Waals surface area contributed by atoms with Crippen molar-refractivity contribution in [2.75, 3.05) is 4.90 Å². The molecule has 0 atom stereocenters. The molecule has 0 radical (unpaired) electrons. The summed E-state index contributed by atoms with van der Waals surface area (Å²) in [5, 5.41) is 6.96. The standard InChI is InChI=1S/C59H41NO/c1-59(2)50-30-11-7-26-48(50)56-46(28-16-31-51(56)59)44-24-9-13-33-53(44)60(52-32-12-8-23-43(52)42-27-15-20-38-18-3-5-21-40(38)42)54-34-14-10-25-45(54)47-29-17-35-55-57(47)49-37-36-39-19-4-6-22-41(39)58(49)61-55/h3-37H,1-2H3. The van der Waals surface area contributed by atoms with Crippen LogP contribution in [-0.2, 0) is 5.41 Å². The van der Waals surface area contributed by atoms with E-state index in [1.807, 2.05) is 0 Å². The van der Waals surface area contributed by atoms with Crippen LogP contribution in [0.1, 0.15) is 25.0 Å². The first-order valence-electron chi connectivity index (χ1n) is 21.2. The van der Waals surface area contributed by atoms with E-state index in [1.165, 1.54) is 55.1 Å². The van der Waals surface area contributed by atoms with Crippen LogP contribution in [0.3, 0.4) is 0 Å². The Morgan fingerprint density at radius 2 is 0.820 bits per heavy atom. The highest BCUT2D eigenvalue weighted by atomic mass is 16.3. The van der Waals surface area contributed by atoms with Crippen molar-refractivity contribution in [2.45, 2.75) is 19.3 Å². The van der Waals surface area contributed by atoms with E-state index in [1.54, 1.807) is 0 Å². The number of para-hydroxylation sites is 3. The molecule has 0 aliphatic heterocycles. The Balaban J connectivity index is 1.17. The Morgan fingerprint density at radius 3 is 1.56 bits per heavy atom. The lowest BCUT2D eigenvalue weighted by Crippen LogP contribution is -2.15. The van der Waals surface area contributed by atoms with Gasteiger partial charge in [0.25, 0.3) is 0 Å². The van der Waals surface area contributed by atoms with Crippen LogP contribution in [0.5, 0.6) is 0 Å². The molecule has 0 fully saturated rings. The Labute approximate surface area is 355 Å². The van der Waals surface area contributed by atoms with Crippen LogP contribution in [-0.4, -0.2) is 0 Å². The molecule has 1 aliphatic carbocycles. The molecule has 10 aromatic carbocycles. The topological polar surface area (TPSA) is 16.4 Å². The predicted octanol–water partition coefficient (Wildman–Crippen LogP) is 16.7. The van der Waals surface area contributed by atoms with Crippen molar-refractivity contribution in [3.63, 3.8) is 0 Å². The van der Waals surface area contributed by atoms with Crippen molar-refractivity contribution in [2.24, 2.45) is 0 Å². The Kier molecular flexibility index (Phi) is 7.92. The molecule has 0 bridgehead atoms. The first-order chi connectivity index (χ1) is 30.1. The summed E-state index contributed by atoms with van der Waals surface area (Å²) in [7, 11) is 0. The van der Waals surface area contributed by atoms with Gasteiger partial charge in [-0.3, -0.25) is 0 Å². The number of nitrogens with zero attached hydrogens (tertiary/aromatic N) is 1. The molecule has 0 amide bonds. The molecule has 0 saturated carbocycles. The van der Waals surface area contributed by atoms with Crippen molar-refractivity contribution >= 4 is 60.5 Å². The predicted molar refractivity (Wildman–Crippen MR) is 257 cm³/mol. The number of fused-ring (bicyclic) bond motifs is 9. The molecule has 11 aromatic rings. The summed E-state index contributed by atoms with van der Waals surface area (Å²) < 4.78 is 6.77. The van der Waals surface area contributed by atoms with Crippen LogP contribution >= 0.6 is 0 Å². The van der Waals surface area contributed by atoms with E-state index < -0.39 is 0 Å². The molecule has 2 heteroatoms. The van der Waals surface area contributed by atoms with Gasteiger partial charge < -0.3 is 9.32 Å². The summed E-state index contributed by atoms with van der Waals surface area (Å²) in [6, 6.07) is 77.5. The zero-order chi connectivity index (χ0) is 40.7. The number of hydrogen-bond donors (Lipinski definition) is 0. The van der Waals surface area contributed by atoms with Crippen LogP contribution in [0.15, 0.2) is 217 Å². The lowest BCUT2D eigenvalue weighted by Gasteiger charge is -2.32. The number of benzene rings is 10. The SMILES string of the molecule is CC1(C)c2ccccc2-c2c(-c3ccccc3N(c3ccccc3-c3cccc4ccccc34)c3ccccc3-c3cccc4oc5c6ccccc6ccc5c34)cccc21. The van der Waals surface area contributed by atoms with Gasteiger partial charge in [0.15, 0.2) is 0 Å². The minimum absolute atomic E-state index is 0.124. The van der Waals surface area contributed by atoms with Crippen molar-refractivity contribution in [3.05, 3.63) is 223 Å². The molecule has 0 spiro atoms. The van der Waals surface area contributed by atoms with E-state index in [4.69, 9.17) is 4.42 Å². The zero-order valence-corrected chi connectivity index (χ0v) is 34.1. The molecule has 61 heavy (non-hydrogen) atoms. The van der Waals surface area contributed by atoms with Gasteiger partial charge in [-0.05, 0) is 85.4 Å². The summed E-state index contributed by atoms with van der Waals surface area (Å²) >= 11 is 0. The van der Waals surface area contributed by atoms with E-state index in [-0.39, 0.29) is 5.41 Å². The second-order valence-electron chi connectivity index (χ2n) is 16.8. The maximum absolute atomic E-state index is 6.77. The molecular formula is C59H41NO. The van der Waals surface area contributed by atoms with Gasteiger partial charge in [-0.25, -0.2) is 0 Å². The Bertz CT molecular complexity index is 3530. The number of hydrogen-bond acceptors (Lipinski definition) is 2. The molecule has 1 heterocycles. The zero-order valence-electron chi connectivity index (χ0n) is 34.1. The monoisotopic (exact) mass is 779 g/mol. The maximum atomic E-state index is 6.77. The van der Waals surface area contributed by atoms with Gasteiger partial charge in [0, 0.05) is 38.3 Å². The van der Waals surface area contributed by atoms with Gasteiger partial charge in [0.2, 0.25) is 0 Å².